The molecular formula is C19H22N2O2. The van der Waals surface area contributed by atoms with Crippen molar-refractivity contribution in [2.24, 2.45) is 0 Å². The lowest BCUT2D eigenvalue weighted by atomic mass is 10.0. The van der Waals surface area contributed by atoms with Crippen LogP contribution in [-0.2, 0) is 6.61 Å². The molecule has 4 heteroatoms. The fourth-order valence-electron chi connectivity index (χ4n) is 2.63. The van der Waals surface area contributed by atoms with Gasteiger partial charge in [-0.2, -0.15) is 0 Å². The number of ether oxygens (including phenoxy) is 2. The van der Waals surface area contributed by atoms with E-state index < -0.39 is 0 Å². The highest BCUT2D eigenvalue weighted by molar-refractivity contribution is 5.76. The molecule has 0 spiro atoms. The van der Waals surface area contributed by atoms with Gasteiger partial charge in [0.15, 0.2) is 0 Å². The monoisotopic (exact) mass is 310 g/mol. The number of nitrogens with one attached hydrogen (secondary N) is 1. The molecule has 1 heterocycles. The van der Waals surface area contributed by atoms with Crippen molar-refractivity contribution in [3.63, 3.8) is 0 Å². The van der Waals surface area contributed by atoms with Crippen LogP contribution >= 0.6 is 0 Å². The van der Waals surface area contributed by atoms with Gasteiger partial charge in [-0.1, -0.05) is 26.0 Å². The first kappa shape index (κ1) is 15.4. The lowest BCUT2D eigenvalue weighted by molar-refractivity contribution is 0.293. The number of aromatic nitrogens is 2. The van der Waals surface area contributed by atoms with Gasteiger partial charge in [0.25, 0.3) is 0 Å². The fourth-order valence-corrected chi connectivity index (χ4v) is 2.63. The van der Waals surface area contributed by atoms with E-state index >= 15 is 0 Å². The molecule has 0 unspecified atom stereocenters. The Morgan fingerprint density at radius 3 is 2.70 bits per heavy atom. The SMILES string of the molecule is COc1ccc2nc(COc3cc(C)ccc3C(C)C)[nH]c2c1. The number of H-pyrrole nitrogens is 1. The number of aromatic amines is 1. The Morgan fingerprint density at radius 2 is 1.96 bits per heavy atom. The molecule has 0 radical (unpaired) electrons. The summed E-state index contributed by atoms with van der Waals surface area (Å²) in [5.74, 6) is 2.97. The average Bonchev–Trinajstić information content (AvgIpc) is 2.94. The highest BCUT2D eigenvalue weighted by Gasteiger charge is 2.10. The number of imidazole rings is 1. The fraction of sp³-hybridized carbons (Fsp3) is 0.316. The van der Waals surface area contributed by atoms with Crippen LogP contribution in [0.15, 0.2) is 36.4 Å². The van der Waals surface area contributed by atoms with Gasteiger partial charge in [0.05, 0.1) is 18.1 Å². The number of hydrogen-bond donors (Lipinski definition) is 1. The largest absolute Gasteiger partial charge is 0.497 e. The van der Waals surface area contributed by atoms with Crippen molar-refractivity contribution in [3.8, 4) is 11.5 Å². The minimum absolute atomic E-state index is 0.417. The molecule has 0 aliphatic carbocycles. The molecule has 2 aromatic carbocycles. The van der Waals surface area contributed by atoms with Crippen molar-refractivity contribution >= 4 is 11.0 Å². The van der Waals surface area contributed by atoms with E-state index in [2.05, 4.69) is 48.9 Å². The Morgan fingerprint density at radius 1 is 1.13 bits per heavy atom. The normalized spacial score (nSPS) is 11.2. The molecular weight excluding hydrogens is 288 g/mol. The average molecular weight is 310 g/mol. The zero-order valence-electron chi connectivity index (χ0n) is 14.0. The summed E-state index contributed by atoms with van der Waals surface area (Å²) >= 11 is 0. The summed E-state index contributed by atoms with van der Waals surface area (Å²) in [4.78, 5) is 7.85. The second kappa shape index (κ2) is 6.32. The Labute approximate surface area is 136 Å². The first-order valence-electron chi connectivity index (χ1n) is 7.83. The van der Waals surface area contributed by atoms with E-state index in [4.69, 9.17) is 9.47 Å². The summed E-state index contributed by atoms with van der Waals surface area (Å²) < 4.78 is 11.3. The van der Waals surface area contributed by atoms with Gasteiger partial charge in [-0.15, -0.1) is 0 Å². The van der Waals surface area contributed by atoms with Crippen molar-refractivity contribution in [2.75, 3.05) is 7.11 Å². The molecule has 0 saturated heterocycles. The van der Waals surface area contributed by atoms with Gasteiger partial charge < -0.3 is 14.5 Å². The second-order valence-electron chi connectivity index (χ2n) is 6.05. The number of aryl methyl sites for hydroxylation is 1. The molecule has 1 N–H and O–H groups in total. The molecule has 0 amide bonds. The zero-order chi connectivity index (χ0) is 16.4. The smallest absolute Gasteiger partial charge is 0.146 e. The first-order chi connectivity index (χ1) is 11.1. The molecule has 0 bridgehead atoms. The molecule has 23 heavy (non-hydrogen) atoms. The molecule has 0 aliphatic rings. The van der Waals surface area contributed by atoms with E-state index in [-0.39, 0.29) is 0 Å². The minimum atomic E-state index is 0.417. The third-order valence-electron chi connectivity index (χ3n) is 3.89. The van der Waals surface area contributed by atoms with Crippen molar-refractivity contribution in [3.05, 3.63) is 53.3 Å². The predicted octanol–water partition coefficient (Wildman–Crippen LogP) is 4.58. The number of rotatable bonds is 5. The van der Waals surface area contributed by atoms with Crippen molar-refractivity contribution in [1.82, 2.24) is 9.97 Å². The van der Waals surface area contributed by atoms with Gasteiger partial charge in [-0.25, -0.2) is 4.98 Å². The third kappa shape index (κ3) is 3.31. The van der Waals surface area contributed by atoms with Crippen LogP contribution in [-0.4, -0.2) is 17.1 Å². The van der Waals surface area contributed by atoms with E-state index in [9.17, 15) is 0 Å². The Hall–Kier alpha value is -2.49. The molecule has 0 fully saturated rings. The quantitative estimate of drug-likeness (QED) is 0.750. The van der Waals surface area contributed by atoms with Crippen molar-refractivity contribution < 1.29 is 9.47 Å². The molecule has 3 aromatic rings. The summed E-state index contributed by atoms with van der Waals surface area (Å²) in [6, 6.07) is 12.1. The summed E-state index contributed by atoms with van der Waals surface area (Å²) in [6.45, 7) is 6.83. The standard InChI is InChI=1S/C19H22N2O2/c1-12(2)15-7-5-13(3)9-18(15)23-11-19-20-16-8-6-14(22-4)10-17(16)21-19/h5-10,12H,11H2,1-4H3,(H,20,21). The highest BCUT2D eigenvalue weighted by Crippen LogP contribution is 2.28. The first-order valence-corrected chi connectivity index (χ1v) is 7.83. The summed E-state index contributed by atoms with van der Waals surface area (Å²) in [5.41, 5.74) is 4.28. The van der Waals surface area contributed by atoms with Gasteiger partial charge in [0, 0.05) is 6.07 Å². The van der Waals surface area contributed by atoms with Gasteiger partial charge in [0.2, 0.25) is 0 Å². The summed E-state index contributed by atoms with van der Waals surface area (Å²) in [5, 5.41) is 0. The van der Waals surface area contributed by atoms with Gasteiger partial charge in [-0.05, 0) is 42.2 Å². The summed E-state index contributed by atoms with van der Waals surface area (Å²) in [6.07, 6.45) is 0. The number of benzene rings is 2. The van der Waals surface area contributed by atoms with E-state index in [1.54, 1.807) is 7.11 Å². The zero-order valence-corrected chi connectivity index (χ0v) is 14.0. The molecule has 3 rings (SSSR count). The highest BCUT2D eigenvalue weighted by atomic mass is 16.5. The number of fused-ring (bicyclic) bond motifs is 1. The van der Waals surface area contributed by atoms with Crippen LogP contribution in [0, 0.1) is 6.92 Å². The van der Waals surface area contributed by atoms with Crippen LogP contribution in [0.1, 0.15) is 36.7 Å². The van der Waals surface area contributed by atoms with E-state index in [0.717, 1.165) is 28.4 Å². The molecule has 4 nitrogen and oxygen atoms in total. The maximum atomic E-state index is 6.03. The minimum Gasteiger partial charge on any atom is -0.497 e. The van der Waals surface area contributed by atoms with E-state index in [1.807, 2.05) is 18.2 Å². The van der Waals surface area contributed by atoms with Crippen LogP contribution < -0.4 is 9.47 Å². The Bertz CT molecular complexity index is 821. The van der Waals surface area contributed by atoms with Crippen LogP contribution in [0.25, 0.3) is 11.0 Å². The molecule has 0 aliphatic heterocycles. The van der Waals surface area contributed by atoms with Crippen LogP contribution in [0.4, 0.5) is 0 Å². The lowest BCUT2D eigenvalue weighted by Gasteiger charge is -2.14. The van der Waals surface area contributed by atoms with Crippen molar-refractivity contribution in [2.45, 2.75) is 33.3 Å². The molecule has 1 aromatic heterocycles. The number of hydrogen-bond acceptors (Lipinski definition) is 3. The summed E-state index contributed by atoms with van der Waals surface area (Å²) in [7, 11) is 1.66. The Balaban J connectivity index is 1.82. The molecule has 0 saturated carbocycles. The van der Waals surface area contributed by atoms with Crippen LogP contribution in [0.3, 0.4) is 0 Å². The van der Waals surface area contributed by atoms with Crippen LogP contribution in [0.2, 0.25) is 0 Å². The van der Waals surface area contributed by atoms with E-state index in [0.29, 0.717) is 12.5 Å². The maximum Gasteiger partial charge on any atom is 0.146 e. The van der Waals surface area contributed by atoms with Gasteiger partial charge >= 0.3 is 0 Å². The second-order valence-corrected chi connectivity index (χ2v) is 6.05. The number of nitrogens with zero attached hydrogens (tertiary/aromatic N) is 1. The third-order valence-corrected chi connectivity index (χ3v) is 3.89. The predicted molar refractivity (Wildman–Crippen MR) is 92.2 cm³/mol. The van der Waals surface area contributed by atoms with Gasteiger partial charge in [-0.3, -0.25) is 0 Å². The van der Waals surface area contributed by atoms with Crippen molar-refractivity contribution in [1.29, 1.82) is 0 Å². The number of methoxy groups -OCH3 is 1. The van der Waals surface area contributed by atoms with Gasteiger partial charge in [0.1, 0.15) is 23.9 Å². The topological polar surface area (TPSA) is 47.1 Å². The van der Waals surface area contributed by atoms with E-state index in [1.165, 1.54) is 11.1 Å². The molecule has 0 atom stereocenters. The lowest BCUT2D eigenvalue weighted by Crippen LogP contribution is -2.01. The van der Waals surface area contributed by atoms with Crippen LogP contribution in [0.5, 0.6) is 11.5 Å². The maximum absolute atomic E-state index is 6.03. The Kier molecular flexibility index (Phi) is 4.24. The molecule has 120 valence electrons.